The van der Waals surface area contributed by atoms with Gasteiger partial charge < -0.3 is 20.3 Å². The van der Waals surface area contributed by atoms with E-state index in [1.807, 2.05) is 0 Å². The van der Waals surface area contributed by atoms with Crippen LogP contribution >= 0.6 is 0 Å². The summed E-state index contributed by atoms with van der Waals surface area (Å²) >= 11 is 0. The van der Waals surface area contributed by atoms with E-state index in [1.165, 1.54) is 141 Å². The van der Waals surface area contributed by atoms with Crippen molar-refractivity contribution in [2.75, 3.05) is 6.61 Å². The summed E-state index contributed by atoms with van der Waals surface area (Å²) in [5, 5.41) is 23.5. The fourth-order valence-corrected chi connectivity index (χ4v) is 7.07. The molecule has 0 rings (SSSR count). The van der Waals surface area contributed by atoms with Crippen LogP contribution < -0.4 is 5.32 Å². The predicted molar refractivity (Wildman–Crippen MR) is 223 cm³/mol. The Morgan fingerprint density at radius 2 is 0.923 bits per heavy atom. The van der Waals surface area contributed by atoms with Gasteiger partial charge in [-0.2, -0.15) is 0 Å². The Bertz CT molecular complexity index is 787. The summed E-state index contributed by atoms with van der Waals surface area (Å²) in [6.07, 6.45) is 42.8. The third kappa shape index (κ3) is 35.6. The van der Waals surface area contributed by atoms with Crippen LogP contribution in [0, 0.1) is 0 Å². The molecule has 0 spiro atoms. The molecule has 0 saturated carbocycles. The largest absolute Gasteiger partial charge is 0.462 e. The molecular formula is C46H89NO5. The van der Waals surface area contributed by atoms with Crippen LogP contribution in [0.15, 0.2) is 12.2 Å². The molecule has 1 amide bonds. The van der Waals surface area contributed by atoms with E-state index in [-0.39, 0.29) is 24.9 Å². The topological polar surface area (TPSA) is 95.9 Å². The second-order valence-corrected chi connectivity index (χ2v) is 15.8. The van der Waals surface area contributed by atoms with Gasteiger partial charge in [0.2, 0.25) is 5.91 Å². The molecule has 0 heterocycles. The molecule has 0 aromatic rings. The number of carbonyl (C=O) groups excluding carboxylic acids is 2. The van der Waals surface area contributed by atoms with Gasteiger partial charge in [-0.1, -0.05) is 193 Å². The van der Waals surface area contributed by atoms with Gasteiger partial charge in [0.15, 0.2) is 0 Å². The van der Waals surface area contributed by atoms with E-state index in [9.17, 15) is 19.8 Å². The molecule has 0 aliphatic heterocycles. The molecule has 52 heavy (non-hydrogen) atoms. The van der Waals surface area contributed by atoms with Crippen molar-refractivity contribution in [3.63, 3.8) is 0 Å². The Balaban J connectivity index is 4.45. The number of rotatable bonds is 41. The zero-order chi connectivity index (χ0) is 38.2. The van der Waals surface area contributed by atoms with Gasteiger partial charge in [-0.3, -0.25) is 9.59 Å². The minimum Gasteiger partial charge on any atom is -0.462 e. The molecule has 6 heteroatoms. The summed E-state index contributed by atoms with van der Waals surface area (Å²) in [5.41, 5.74) is 0. The van der Waals surface area contributed by atoms with E-state index in [4.69, 9.17) is 4.74 Å². The van der Waals surface area contributed by atoms with Crippen LogP contribution in [0.3, 0.4) is 0 Å². The van der Waals surface area contributed by atoms with Crippen LogP contribution in [0.1, 0.15) is 245 Å². The fourth-order valence-electron chi connectivity index (χ4n) is 7.07. The highest BCUT2D eigenvalue weighted by molar-refractivity contribution is 5.77. The lowest BCUT2D eigenvalue weighted by atomic mass is 10.0. The lowest BCUT2D eigenvalue weighted by Gasteiger charge is -2.24. The zero-order valence-corrected chi connectivity index (χ0v) is 35.0. The van der Waals surface area contributed by atoms with Crippen molar-refractivity contribution < 1.29 is 24.5 Å². The van der Waals surface area contributed by atoms with Crippen LogP contribution in [-0.4, -0.2) is 46.9 Å². The summed E-state index contributed by atoms with van der Waals surface area (Å²) in [5.74, 6) is -0.478. The standard InChI is InChI=1S/C46H89NO5/c1-4-7-10-13-16-19-20-21-22-23-24-25-27-30-33-36-39-46(51)52-42(37-34-31-28-18-15-12-9-6-3)40-45(50)47-43(41-48)44(49)38-35-32-29-26-17-14-11-8-5-2/h22-23,42-44,48-49H,4-21,24-41H2,1-3H3,(H,47,50)/b23-22+. The first-order valence-electron chi connectivity index (χ1n) is 22.9. The molecule has 0 aliphatic carbocycles. The predicted octanol–water partition coefficient (Wildman–Crippen LogP) is 13.0. The maximum absolute atomic E-state index is 13.1. The Morgan fingerprint density at radius 1 is 0.538 bits per heavy atom. The highest BCUT2D eigenvalue weighted by Gasteiger charge is 2.24. The van der Waals surface area contributed by atoms with Crippen molar-refractivity contribution in [1.82, 2.24) is 5.32 Å². The number of hydrogen-bond donors (Lipinski definition) is 3. The number of esters is 1. The Kier molecular flexibility index (Phi) is 39.7. The fraction of sp³-hybridized carbons (Fsp3) is 0.913. The number of nitrogens with one attached hydrogen (secondary N) is 1. The maximum Gasteiger partial charge on any atom is 0.306 e. The zero-order valence-electron chi connectivity index (χ0n) is 35.0. The second-order valence-electron chi connectivity index (χ2n) is 15.8. The number of aliphatic hydroxyl groups excluding tert-OH is 2. The van der Waals surface area contributed by atoms with Crippen molar-refractivity contribution in [3.8, 4) is 0 Å². The number of amides is 1. The normalized spacial score (nSPS) is 13.4. The minimum atomic E-state index is -0.780. The van der Waals surface area contributed by atoms with Gasteiger partial charge in [0.1, 0.15) is 6.10 Å². The molecule has 0 aromatic heterocycles. The molecule has 3 atom stereocenters. The summed E-state index contributed by atoms with van der Waals surface area (Å²) < 4.78 is 5.88. The molecule has 0 bridgehead atoms. The summed E-state index contributed by atoms with van der Waals surface area (Å²) in [6, 6.07) is -0.693. The van der Waals surface area contributed by atoms with Gasteiger partial charge in [0.05, 0.1) is 25.2 Å². The van der Waals surface area contributed by atoms with Crippen LogP contribution in [0.25, 0.3) is 0 Å². The number of allylic oxidation sites excluding steroid dienone is 2. The lowest BCUT2D eigenvalue weighted by Crippen LogP contribution is -2.46. The molecule has 308 valence electrons. The quantitative estimate of drug-likeness (QED) is 0.0330. The first-order chi connectivity index (χ1) is 25.5. The smallest absolute Gasteiger partial charge is 0.306 e. The first-order valence-corrected chi connectivity index (χ1v) is 22.9. The summed E-state index contributed by atoms with van der Waals surface area (Å²) in [6.45, 7) is 6.44. The summed E-state index contributed by atoms with van der Waals surface area (Å²) in [7, 11) is 0. The Morgan fingerprint density at radius 3 is 1.37 bits per heavy atom. The first kappa shape index (κ1) is 50.6. The number of hydrogen-bond acceptors (Lipinski definition) is 5. The van der Waals surface area contributed by atoms with E-state index in [0.29, 0.717) is 19.3 Å². The van der Waals surface area contributed by atoms with E-state index in [1.54, 1.807) is 0 Å². The van der Waals surface area contributed by atoms with Gasteiger partial charge >= 0.3 is 5.97 Å². The van der Waals surface area contributed by atoms with Crippen molar-refractivity contribution in [2.24, 2.45) is 0 Å². The van der Waals surface area contributed by atoms with Crippen molar-refractivity contribution in [2.45, 2.75) is 264 Å². The Hall–Kier alpha value is -1.40. The number of unbranched alkanes of at least 4 members (excludes halogenated alkanes) is 27. The molecule has 3 unspecified atom stereocenters. The minimum absolute atomic E-state index is 0.0793. The van der Waals surface area contributed by atoms with Gasteiger partial charge in [0, 0.05) is 6.42 Å². The van der Waals surface area contributed by atoms with Crippen LogP contribution in [0.4, 0.5) is 0 Å². The van der Waals surface area contributed by atoms with E-state index in [0.717, 1.165) is 57.8 Å². The molecular weight excluding hydrogens is 647 g/mol. The van der Waals surface area contributed by atoms with E-state index in [2.05, 4.69) is 38.2 Å². The molecule has 6 nitrogen and oxygen atoms in total. The highest BCUT2D eigenvalue weighted by Crippen LogP contribution is 2.17. The number of ether oxygens (including phenoxy) is 1. The molecule has 0 saturated heterocycles. The molecule has 0 aromatic carbocycles. The van der Waals surface area contributed by atoms with E-state index >= 15 is 0 Å². The molecule has 0 radical (unpaired) electrons. The third-order valence-corrected chi connectivity index (χ3v) is 10.6. The third-order valence-electron chi connectivity index (χ3n) is 10.6. The number of aliphatic hydroxyl groups is 2. The summed E-state index contributed by atoms with van der Waals surface area (Å²) in [4.78, 5) is 25.9. The van der Waals surface area contributed by atoms with Crippen molar-refractivity contribution in [3.05, 3.63) is 12.2 Å². The van der Waals surface area contributed by atoms with Gasteiger partial charge in [-0.15, -0.1) is 0 Å². The lowest BCUT2D eigenvalue weighted by molar-refractivity contribution is -0.151. The van der Waals surface area contributed by atoms with Crippen LogP contribution in [-0.2, 0) is 14.3 Å². The van der Waals surface area contributed by atoms with Gasteiger partial charge in [-0.25, -0.2) is 0 Å². The SMILES string of the molecule is CCCCCCCCC/C=C/CCCCCCCC(=O)OC(CCCCCCCCCC)CC(=O)NC(CO)C(O)CCCCCCCCCCC. The average Bonchev–Trinajstić information content (AvgIpc) is 3.13. The van der Waals surface area contributed by atoms with Crippen molar-refractivity contribution in [1.29, 1.82) is 0 Å². The maximum atomic E-state index is 13.1. The monoisotopic (exact) mass is 736 g/mol. The Labute approximate surface area is 323 Å². The van der Waals surface area contributed by atoms with E-state index < -0.39 is 18.2 Å². The average molecular weight is 736 g/mol. The van der Waals surface area contributed by atoms with Gasteiger partial charge in [-0.05, 0) is 51.4 Å². The molecule has 0 aliphatic rings. The van der Waals surface area contributed by atoms with Crippen LogP contribution in [0.5, 0.6) is 0 Å². The molecule has 3 N–H and O–H groups in total. The second kappa shape index (κ2) is 40.8. The van der Waals surface area contributed by atoms with Gasteiger partial charge in [0.25, 0.3) is 0 Å². The molecule has 0 fully saturated rings. The van der Waals surface area contributed by atoms with Crippen LogP contribution in [0.2, 0.25) is 0 Å². The highest BCUT2D eigenvalue weighted by atomic mass is 16.5. The number of carbonyl (C=O) groups is 2. The van der Waals surface area contributed by atoms with Crippen molar-refractivity contribution >= 4 is 11.9 Å².